The molecule has 3 aromatic carbocycles. The zero-order valence-electron chi connectivity index (χ0n) is 22.0. The fraction of sp³-hybridized carbons (Fsp3) is 0.214. The van der Waals surface area contributed by atoms with Crippen LogP contribution in [0.2, 0.25) is 10.0 Å². The van der Waals surface area contributed by atoms with Gasteiger partial charge in [-0.05, 0) is 42.0 Å². The summed E-state index contributed by atoms with van der Waals surface area (Å²) < 4.78 is 14.7. The van der Waals surface area contributed by atoms with Crippen molar-refractivity contribution in [1.29, 1.82) is 0 Å². The summed E-state index contributed by atoms with van der Waals surface area (Å²) in [5, 5.41) is 13.4. The third kappa shape index (κ3) is 6.62. The van der Waals surface area contributed by atoms with E-state index in [-0.39, 0.29) is 29.3 Å². The first kappa shape index (κ1) is 31.8. The van der Waals surface area contributed by atoms with E-state index in [1.807, 2.05) is 0 Å². The number of pyridine rings is 1. The molecule has 0 atom stereocenters. The van der Waals surface area contributed by atoms with Gasteiger partial charge in [-0.15, -0.1) is 11.6 Å². The van der Waals surface area contributed by atoms with Crippen molar-refractivity contribution < 1.29 is 14.1 Å². The Morgan fingerprint density at radius 2 is 1.59 bits per heavy atom. The van der Waals surface area contributed by atoms with E-state index in [1.165, 1.54) is 29.1 Å². The second-order valence-electron chi connectivity index (χ2n) is 8.90. The van der Waals surface area contributed by atoms with Crippen molar-refractivity contribution >= 4 is 63.0 Å². The van der Waals surface area contributed by atoms with Gasteiger partial charge in [0.2, 0.25) is 0 Å². The van der Waals surface area contributed by atoms with E-state index in [1.54, 1.807) is 58.3 Å². The highest BCUT2D eigenvalue weighted by Crippen LogP contribution is 2.34. The average molecular weight is 623 g/mol. The van der Waals surface area contributed by atoms with E-state index >= 15 is 0 Å². The second kappa shape index (κ2) is 13.8. The summed E-state index contributed by atoms with van der Waals surface area (Å²) in [6.07, 6.45) is 1.47. The number of benzene rings is 3. The van der Waals surface area contributed by atoms with Gasteiger partial charge in [0.15, 0.2) is 0 Å². The van der Waals surface area contributed by atoms with E-state index in [0.717, 1.165) is 0 Å². The highest BCUT2D eigenvalue weighted by Gasteiger charge is 2.32. The number of amides is 1. The van der Waals surface area contributed by atoms with E-state index in [4.69, 9.17) is 23.2 Å². The standard InChI is InChI=1S/C27H21Cl2FN4O4.CH3Cl.H3N/c28-21-10-7-18(15-22(21)29)26(35)32-13-11-31(12-14-32)24-20-3-1-2-4-23(20)33(27(36)25(24)34(37)38)16-17-5-8-19(30)9-6-17;1-2;/h1-10,15H,11-14,16H2;1H3;1H3. The van der Waals surface area contributed by atoms with Crippen LogP contribution < -0.4 is 16.6 Å². The van der Waals surface area contributed by atoms with Crippen LogP contribution in [0.25, 0.3) is 10.9 Å². The number of nitrogens with zero attached hydrogens (tertiary/aromatic N) is 4. The van der Waals surface area contributed by atoms with Crippen molar-refractivity contribution in [1.82, 2.24) is 15.6 Å². The number of rotatable bonds is 5. The van der Waals surface area contributed by atoms with Crippen LogP contribution in [0.4, 0.5) is 15.8 Å². The van der Waals surface area contributed by atoms with Crippen LogP contribution in [0.3, 0.4) is 0 Å². The van der Waals surface area contributed by atoms with Crippen molar-refractivity contribution in [2.45, 2.75) is 6.54 Å². The Bertz CT molecular complexity index is 1620. The smallest absolute Gasteiger partial charge is 0.357 e. The molecule has 1 amide bonds. The van der Waals surface area contributed by atoms with Crippen molar-refractivity contribution in [2.24, 2.45) is 0 Å². The molecular weight excluding hydrogens is 596 g/mol. The van der Waals surface area contributed by atoms with E-state index in [0.29, 0.717) is 53.2 Å². The van der Waals surface area contributed by atoms with Gasteiger partial charge in [0.25, 0.3) is 5.91 Å². The Balaban J connectivity index is 0.00000151. The van der Waals surface area contributed by atoms with Crippen LogP contribution in [0.5, 0.6) is 0 Å². The SMILES string of the molecule is CCl.N.O=C(c1ccc(Cl)c(Cl)c1)N1CCN(c2c([N+](=O)[O-])c(=O)n(Cc3ccc(F)cc3)c3ccccc23)CC1. The number of carbonyl (C=O) groups excluding carboxylic acids is 1. The minimum absolute atomic E-state index is 0. The fourth-order valence-corrected chi connectivity index (χ4v) is 5.03. The van der Waals surface area contributed by atoms with Gasteiger partial charge in [-0.3, -0.25) is 24.3 Å². The molecular formula is C28H27Cl3FN5O4. The predicted octanol–water partition coefficient (Wildman–Crippen LogP) is 6.38. The van der Waals surface area contributed by atoms with Crippen LogP contribution in [0, 0.1) is 15.9 Å². The highest BCUT2D eigenvalue weighted by molar-refractivity contribution is 6.42. The van der Waals surface area contributed by atoms with E-state index < -0.39 is 22.0 Å². The quantitative estimate of drug-likeness (QED) is 0.156. The molecule has 5 rings (SSSR count). The van der Waals surface area contributed by atoms with Crippen LogP contribution >= 0.6 is 34.8 Å². The molecule has 0 radical (unpaired) electrons. The van der Waals surface area contributed by atoms with Crippen LogP contribution in [-0.4, -0.2) is 52.9 Å². The average Bonchev–Trinajstić information content (AvgIpc) is 2.97. The zero-order valence-corrected chi connectivity index (χ0v) is 24.3. The maximum Gasteiger partial charge on any atom is 0.357 e. The molecule has 216 valence electrons. The molecule has 1 fully saturated rings. The Labute approximate surface area is 250 Å². The van der Waals surface area contributed by atoms with Gasteiger partial charge in [0.1, 0.15) is 11.5 Å². The number of fused-ring (bicyclic) bond motifs is 1. The number of aromatic nitrogens is 1. The number of nitro groups is 1. The number of halogens is 4. The van der Waals surface area contributed by atoms with Crippen LogP contribution in [0.1, 0.15) is 15.9 Å². The number of hydrogen-bond acceptors (Lipinski definition) is 6. The van der Waals surface area contributed by atoms with Crippen LogP contribution in [0.15, 0.2) is 71.5 Å². The Morgan fingerprint density at radius 3 is 2.20 bits per heavy atom. The Morgan fingerprint density at radius 1 is 0.951 bits per heavy atom. The van der Waals surface area contributed by atoms with Gasteiger partial charge >= 0.3 is 11.2 Å². The molecule has 2 heterocycles. The van der Waals surface area contributed by atoms with Crippen molar-refractivity contribution in [3.05, 3.63) is 114 Å². The summed E-state index contributed by atoms with van der Waals surface area (Å²) in [4.78, 5) is 41.5. The fourth-order valence-electron chi connectivity index (χ4n) is 4.73. The molecule has 13 heteroatoms. The molecule has 3 N–H and O–H groups in total. The summed E-state index contributed by atoms with van der Waals surface area (Å²) in [6.45, 7) is 1.22. The summed E-state index contributed by atoms with van der Waals surface area (Å²) >= 11 is 16.7. The van der Waals surface area contributed by atoms with Crippen molar-refractivity contribution in [3.63, 3.8) is 0 Å². The summed E-state index contributed by atoms with van der Waals surface area (Å²) in [6, 6.07) is 17.3. The largest absolute Gasteiger partial charge is 0.362 e. The van der Waals surface area contributed by atoms with E-state index in [2.05, 4.69) is 11.6 Å². The summed E-state index contributed by atoms with van der Waals surface area (Å²) in [7, 11) is 0. The normalized spacial score (nSPS) is 12.8. The van der Waals surface area contributed by atoms with Crippen LogP contribution in [-0.2, 0) is 6.54 Å². The lowest BCUT2D eigenvalue weighted by Crippen LogP contribution is -2.49. The molecule has 4 aromatic rings. The maximum atomic E-state index is 13.5. The van der Waals surface area contributed by atoms with Gasteiger partial charge in [-0.1, -0.05) is 53.5 Å². The molecule has 0 bridgehead atoms. The molecule has 1 aliphatic rings. The summed E-state index contributed by atoms with van der Waals surface area (Å²) in [5.74, 6) is -0.638. The molecule has 1 aromatic heterocycles. The molecule has 1 aliphatic heterocycles. The second-order valence-corrected chi connectivity index (χ2v) is 9.71. The van der Waals surface area contributed by atoms with Crippen molar-refractivity contribution in [2.75, 3.05) is 37.5 Å². The molecule has 0 aliphatic carbocycles. The Kier molecular flexibility index (Phi) is 10.7. The highest BCUT2D eigenvalue weighted by atomic mass is 35.5. The lowest BCUT2D eigenvalue weighted by Gasteiger charge is -2.36. The molecule has 9 nitrogen and oxygen atoms in total. The van der Waals surface area contributed by atoms with Gasteiger partial charge < -0.3 is 16.0 Å². The number of carbonyl (C=O) groups is 1. The molecule has 1 saturated heterocycles. The maximum absolute atomic E-state index is 13.5. The number of piperazine rings is 1. The predicted molar refractivity (Wildman–Crippen MR) is 162 cm³/mol. The minimum atomic E-state index is -0.748. The number of alkyl halides is 1. The topological polar surface area (TPSA) is 124 Å². The van der Waals surface area contributed by atoms with Gasteiger partial charge in [-0.25, -0.2) is 4.39 Å². The first-order valence-corrected chi connectivity index (χ1v) is 13.7. The third-order valence-electron chi connectivity index (χ3n) is 6.61. The van der Waals surface area contributed by atoms with Gasteiger partial charge in [0, 0.05) is 43.5 Å². The number of hydrogen-bond donors (Lipinski definition) is 1. The molecule has 0 unspecified atom stereocenters. The molecule has 0 spiro atoms. The summed E-state index contributed by atoms with van der Waals surface area (Å²) in [5.41, 5.74) is 0.504. The Hall–Kier alpha value is -3.70. The lowest BCUT2D eigenvalue weighted by molar-refractivity contribution is -0.385. The molecule has 0 saturated carbocycles. The minimum Gasteiger partial charge on any atom is -0.362 e. The number of para-hydroxylation sites is 1. The third-order valence-corrected chi connectivity index (χ3v) is 7.35. The molecule has 41 heavy (non-hydrogen) atoms. The zero-order chi connectivity index (χ0) is 29.0. The first-order valence-electron chi connectivity index (χ1n) is 12.2. The lowest BCUT2D eigenvalue weighted by atomic mass is 10.1. The van der Waals surface area contributed by atoms with Crippen molar-refractivity contribution in [3.8, 4) is 0 Å². The monoisotopic (exact) mass is 621 g/mol. The van der Waals surface area contributed by atoms with Gasteiger partial charge in [0.05, 0.1) is 27.0 Å². The number of anilines is 1. The first-order chi connectivity index (χ1) is 19.2. The van der Waals surface area contributed by atoms with E-state index in [9.17, 15) is 24.1 Å². The van der Waals surface area contributed by atoms with Gasteiger partial charge in [-0.2, -0.15) is 0 Å².